The predicted octanol–water partition coefficient (Wildman–Crippen LogP) is 11.5. The van der Waals surface area contributed by atoms with E-state index in [0.717, 1.165) is 71.9 Å². The summed E-state index contributed by atoms with van der Waals surface area (Å²) in [5.41, 5.74) is 9.97. The van der Waals surface area contributed by atoms with Gasteiger partial charge >= 0.3 is 0 Å². The molecule has 0 atom stereocenters. The fourth-order valence-corrected chi connectivity index (χ4v) is 7.09. The molecule has 234 valence electrons. The first-order chi connectivity index (χ1) is 24.8. The molecule has 0 fully saturated rings. The molecule has 0 saturated heterocycles. The Morgan fingerprint density at radius 1 is 0.380 bits per heavy atom. The van der Waals surface area contributed by atoms with Crippen molar-refractivity contribution in [3.05, 3.63) is 170 Å². The molecule has 0 spiro atoms. The lowest BCUT2D eigenvalue weighted by Crippen LogP contribution is -2.00. The Labute approximate surface area is 287 Å². The largest absolute Gasteiger partial charge is 0.454 e. The summed E-state index contributed by atoms with van der Waals surface area (Å²) >= 11 is 0. The molecule has 10 aromatic rings. The molecule has 0 aliphatic heterocycles. The van der Waals surface area contributed by atoms with Crippen LogP contribution in [0.2, 0.25) is 0 Å². The van der Waals surface area contributed by atoms with Gasteiger partial charge in [0, 0.05) is 43.9 Å². The van der Waals surface area contributed by atoms with E-state index in [2.05, 4.69) is 120 Å². The van der Waals surface area contributed by atoms with E-state index in [4.69, 9.17) is 19.4 Å². The average molecular weight is 641 g/mol. The second-order valence-corrected chi connectivity index (χ2v) is 12.5. The van der Waals surface area contributed by atoms with E-state index in [1.165, 1.54) is 5.39 Å². The van der Waals surface area contributed by atoms with Gasteiger partial charge in [0.25, 0.3) is 0 Å². The smallest absolute Gasteiger partial charge is 0.164 e. The maximum absolute atomic E-state index is 6.72. The molecular weight excluding hydrogens is 613 g/mol. The number of nitrogens with zero attached hydrogens (tertiary/aromatic N) is 4. The molecule has 5 nitrogen and oxygen atoms in total. The van der Waals surface area contributed by atoms with Gasteiger partial charge in [-0.15, -0.1) is 0 Å². The minimum atomic E-state index is 0.606. The zero-order chi connectivity index (χ0) is 33.0. The fraction of sp³-hybridized carbons (Fsp3) is 0. The minimum Gasteiger partial charge on any atom is -0.454 e. The third kappa shape index (κ3) is 4.60. The molecule has 0 aliphatic carbocycles. The summed E-state index contributed by atoms with van der Waals surface area (Å²) < 4.78 is 9.03. The third-order valence-electron chi connectivity index (χ3n) is 9.44. The Morgan fingerprint density at radius 2 is 0.960 bits per heavy atom. The zero-order valence-corrected chi connectivity index (χ0v) is 26.9. The van der Waals surface area contributed by atoms with Crippen LogP contribution in [-0.2, 0) is 0 Å². The summed E-state index contributed by atoms with van der Waals surface area (Å²) in [5, 5.41) is 4.40. The molecular formula is C45H28N4O. The van der Waals surface area contributed by atoms with Crippen LogP contribution >= 0.6 is 0 Å². The van der Waals surface area contributed by atoms with Gasteiger partial charge in [0.2, 0.25) is 0 Å². The first kappa shape index (κ1) is 28.2. The number of fused-ring (bicyclic) bond motifs is 7. The minimum absolute atomic E-state index is 0.606. The second-order valence-electron chi connectivity index (χ2n) is 12.5. The maximum Gasteiger partial charge on any atom is 0.164 e. The topological polar surface area (TPSA) is 56.7 Å². The van der Waals surface area contributed by atoms with Crippen LogP contribution in [0, 0.1) is 0 Å². The van der Waals surface area contributed by atoms with E-state index < -0.39 is 0 Å². The lowest BCUT2D eigenvalue weighted by atomic mass is 10.0. The van der Waals surface area contributed by atoms with Gasteiger partial charge in [-0.2, -0.15) is 0 Å². The number of furan rings is 1. The summed E-state index contributed by atoms with van der Waals surface area (Å²) in [5.74, 6) is 1.86. The van der Waals surface area contributed by atoms with E-state index in [0.29, 0.717) is 17.5 Å². The lowest BCUT2D eigenvalue weighted by Gasteiger charge is -2.10. The van der Waals surface area contributed by atoms with Crippen molar-refractivity contribution in [3.8, 4) is 51.0 Å². The molecule has 0 bridgehead atoms. The molecule has 0 amide bonds. The Hall–Kier alpha value is -6.85. The highest BCUT2D eigenvalue weighted by Gasteiger charge is 2.20. The van der Waals surface area contributed by atoms with Gasteiger partial charge < -0.3 is 8.98 Å². The van der Waals surface area contributed by atoms with Crippen LogP contribution < -0.4 is 0 Å². The summed E-state index contributed by atoms with van der Waals surface area (Å²) in [6, 6.07) is 58.5. The van der Waals surface area contributed by atoms with E-state index in [1.54, 1.807) is 0 Å². The quantitative estimate of drug-likeness (QED) is 0.188. The maximum atomic E-state index is 6.72. The van der Waals surface area contributed by atoms with E-state index in [9.17, 15) is 0 Å². The highest BCUT2D eigenvalue weighted by Crippen LogP contribution is 2.41. The van der Waals surface area contributed by atoms with Crippen LogP contribution in [0.4, 0.5) is 0 Å². The molecule has 0 unspecified atom stereocenters. The van der Waals surface area contributed by atoms with Crippen LogP contribution in [0.25, 0.3) is 94.7 Å². The van der Waals surface area contributed by atoms with Crippen molar-refractivity contribution < 1.29 is 4.42 Å². The molecule has 0 N–H and O–H groups in total. The zero-order valence-electron chi connectivity index (χ0n) is 26.9. The SMILES string of the molecule is c1ccc(-c2cccc(-c3nc(-c4ccccc4)nc(-c4ccc5oc6c(ccc7c8ccccc8n(-c8ccccc8)c76)c5c4)n3)c2)cc1. The van der Waals surface area contributed by atoms with Crippen molar-refractivity contribution in [2.24, 2.45) is 0 Å². The molecule has 0 radical (unpaired) electrons. The Kier molecular flexibility index (Phi) is 6.42. The number of rotatable bonds is 5. The molecule has 5 heteroatoms. The van der Waals surface area contributed by atoms with Crippen molar-refractivity contribution in [1.82, 2.24) is 19.5 Å². The van der Waals surface area contributed by atoms with Crippen molar-refractivity contribution >= 4 is 43.7 Å². The van der Waals surface area contributed by atoms with E-state index in [-0.39, 0.29) is 0 Å². The van der Waals surface area contributed by atoms with Crippen LogP contribution in [0.5, 0.6) is 0 Å². The van der Waals surface area contributed by atoms with Crippen LogP contribution in [0.3, 0.4) is 0 Å². The van der Waals surface area contributed by atoms with Crippen LogP contribution in [0.15, 0.2) is 174 Å². The number of benzene rings is 7. The average Bonchev–Trinajstić information content (AvgIpc) is 3.74. The predicted molar refractivity (Wildman–Crippen MR) is 203 cm³/mol. The number of hydrogen-bond donors (Lipinski definition) is 0. The lowest BCUT2D eigenvalue weighted by molar-refractivity contribution is 0.671. The van der Waals surface area contributed by atoms with Crippen molar-refractivity contribution in [2.45, 2.75) is 0 Å². The van der Waals surface area contributed by atoms with Gasteiger partial charge in [0.05, 0.1) is 11.0 Å². The molecule has 50 heavy (non-hydrogen) atoms. The molecule has 10 rings (SSSR count). The normalized spacial score (nSPS) is 11.6. The van der Waals surface area contributed by atoms with Crippen molar-refractivity contribution in [3.63, 3.8) is 0 Å². The van der Waals surface area contributed by atoms with Gasteiger partial charge in [-0.1, -0.05) is 121 Å². The Morgan fingerprint density at radius 3 is 1.72 bits per heavy atom. The molecule has 3 heterocycles. The second kappa shape index (κ2) is 11.4. The van der Waals surface area contributed by atoms with Crippen molar-refractivity contribution in [2.75, 3.05) is 0 Å². The van der Waals surface area contributed by atoms with E-state index >= 15 is 0 Å². The van der Waals surface area contributed by atoms with E-state index in [1.807, 2.05) is 54.6 Å². The van der Waals surface area contributed by atoms with Crippen molar-refractivity contribution in [1.29, 1.82) is 0 Å². The number of hydrogen-bond acceptors (Lipinski definition) is 4. The van der Waals surface area contributed by atoms with Crippen LogP contribution in [-0.4, -0.2) is 19.5 Å². The first-order valence-electron chi connectivity index (χ1n) is 16.7. The Bertz CT molecular complexity index is 2860. The molecule has 0 aliphatic rings. The number of para-hydroxylation sites is 2. The van der Waals surface area contributed by atoms with Gasteiger partial charge in [-0.3, -0.25) is 0 Å². The fourth-order valence-electron chi connectivity index (χ4n) is 7.09. The summed E-state index contributed by atoms with van der Waals surface area (Å²) in [4.78, 5) is 15.1. The van der Waals surface area contributed by atoms with Gasteiger partial charge in [0.1, 0.15) is 5.58 Å². The highest BCUT2D eigenvalue weighted by molar-refractivity contribution is 6.21. The summed E-state index contributed by atoms with van der Waals surface area (Å²) in [6.45, 7) is 0. The van der Waals surface area contributed by atoms with Gasteiger partial charge in [-0.05, 0) is 59.7 Å². The molecule has 3 aromatic heterocycles. The molecule has 7 aromatic carbocycles. The van der Waals surface area contributed by atoms with Gasteiger partial charge in [0.15, 0.2) is 23.1 Å². The Balaban J connectivity index is 1.18. The monoisotopic (exact) mass is 640 g/mol. The molecule has 0 saturated carbocycles. The highest BCUT2D eigenvalue weighted by atomic mass is 16.3. The standard InChI is InChI=1S/C45H28N4O/c1-4-13-29(14-5-1)31-17-12-18-32(27-31)44-46-43(30-15-6-2-7-16-30)47-45(48-44)33-23-26-40-38(28-33)37-25-24-36-35-21-10-11-22-39(35)49(41(36)42(37)50-40)34-19-8-3-9-20-34/h1-28H. The summed E-state index contributed by atoms with van der Waals surface area (Å²) in [7, 11) is 0. The number of aromatic nitrogens is 4. The first-order valence-corrected chi connectivity index (χ1v) is 16.7. The third-order valence-corrected chi connectivity index (χ3v) is 9.44. The van der Waals surface area contributed by atoms with Crippen LogP contribution in [0.1, 0.15) is 0 Å². The summed E-state index contributed by atoms with van der Waals surface area (Å²) in [6.07, 6.45) is 0. The van der Waals surface area contributed by atoms with Gasteiger partial charge in [-0.25, -0.2) is 15.0 Å².